The predicted octanol–water partition coefficient (Wildman–Crippen LogP) is 4.72. The Hall–Kier alpha value is -2.53. The molecule has 0 N–H and O–H groups in total. The Kier molecular flexibility index (Phi) is 4.78. The number of aliphatic imine (C=N–C) groups is 1. The summed E-state index contributed by atoms with van der Waals surface area (Å²) in [7, 11) is 0. The van der Waals surface area contributed by atoms with Gasteiger partial charge in [0.05, 0.1) is 10.7 Å². The van der Waals surface area contributed by atoms with Crippen LogP contribution in [0.25, 0.3) is 10.6 Å². The highest BCUT2D eigenvalue weighted by Crippen LogP contribution is 2.36. The van der Waals surface area contributed by atoms with Crippen LogP contribution in [-0.2, 0) is 0 Å². The molecule has 3 nitrogen and oxygen atoms in total. The van der Waals surface area contributed by atoms with Crippen LogP contribution >= 0.6 is 11.8 Å². The Bertz CT molecular complexity index is 793. The standard InChI is InChI=1S/C18H14FN3S/c1-2-4-15(13-6-8-17(19)21-12-13)22-18-9-7-16(23-18)14-5-3-10-20-11-14/h2-8,10-12H,1,9H2/b15-4-,22-18+. The molecule has 0 saturated heterocycles. The topological polar surface area (TPSA) is 38.1 Å². The fourth-order valence-corrected chi connectivity index (χ4v) is 3.09. The van der Waals surface area contributed by atoms with E-state index in [1.807, 2.05) is 18.3 Å². The van der Waals surface area contributed by atoms with Crippen molar-refractivity contribution in [3.63, 3.8) is 0 Å². The van der Waals surface area contributed by atoms with Crippen molar-refractivity contribution in [3.05, 3.63) is 84.7 Å². The van der Waals surface area contributed by atoms with Crippen LogP contribution in [0.5, 0.6) is 0 Å². The minimum Gasteiger partial charge on any atom is -0.264 e. The largest absolute Gasteiger partial charge is 0.264 e. The molecular formula is C18H14FN3S. The molecule has 5 heteroatoms. The second-order valence-electron chi connectivity index (χ2n) is 4.78. The first-order chi connectivity index (χ1) is 11.3. The Labute approximate surface area is 138 Å². The van der Waals surface area contributed by atoms with Crippen LogP contribution in [0.2, 0.25) is 0 Å². The van der Waals surface area contributed by atoms with Gasteiger partial charge in [-0.2, -0.15) is 4.39 Å². The van der Waals surface area contributed by atoms with Gasteiger partial charge in [-0.15, -0.1) is 0 Å². The highest BCUT2D eigenvalue weighted by atomic mass is 32.2. The quantitative estimate of drug-likeness (QED) is 0.603. The van der Waals surface area contributed by atoms with E-state index in [0.29, 0.717) is 0 Å². The molecule has 2 aromatic rings. The van der Waals surface area contributed by atoms with E-state index in [9.17, 15) is 4.39 Å². The number of halogens is 1. The zero-order valence-corrected chi connectivity index (χ0v) is 13.1. The van der Waals surface area contributed by atoms with Crippen molar-refractivity contribution in [2.75, 3.05) is 0 Å². The summed E-state index contributed by atoms with van der Waals surface area (Å²) < 4.78 is 13.0. The lowest BCUT2D eigenvalue weighted by Gasteiger charge is -2.04. The van der Waals surface area contributed by atoms with E-state index < -0.39 is 5.95 Å². The summed E-state index contributed by atoms with van der Waals surface area (Å²) >= 11 is 1.62. The van der Waals surface area contributed by atoms with Crippen LogP contribution in [-0.4, -0.2) is 15.0 Å². The molecule has 0 aliphatic carbocycles. The molecule has 23 heavy (non-hydrogen) atoms. The number of hydrogen-bond acceptors (Lipinski definition) is 4. The molecule has 1 aliphatic heterocycles. The zero-order chi connectivity index (χ0) is 16.1. The Morgan fingerprint density at radius 3 is 2.91 bits per heavy atom. The zero-order valence-electron chi connectivity index (χ0n) is 12.3. The molecule has 0 spiro atoms. The van der Waals surface area contributed by atoms with E-state index in [2.05, 4.69) is 27.6 Å². The number of hydrogen-bond donors (Lipinski definition) is 0. The van der Waals surface area contributed by atoms with Crippen LogP contribution in [0.4, 0.5) is 4.39 Å². The summed E-state index contributed by atoms with van der Waals surface area (Å²) in [5.74, 6) is -0.505. The molecule has 0 bridgehead atoms. The summed E-state index contributed by atoms with van der Waals surface area (Å²) in [6.45, 7) is 3.71. The van der Waals surface area contributed by atoms with Crippen LogP contribution in [0.15, 0.2) is 72.7 Å². The number of allylic oxidation sites excluding steroid dienone is 3. The van der Waals surface area contributed by atoms with Crippen LogP contribution in [0.1, 0.15) is 17.5 Å². The van der Waals surface area contributed by atoms with Gasteiger partial charge in [0.2, 0.25) is 5.95 Å². The van der Waals surface area contributed by atoms with Crippen LogP contribution < -0.4 is 0 Å². The molecule has 0 aromatic carbocycles. The molecule has 0 atom stereocenters. The highest BCUT2D eigenvalue weighted by molar-refractivity contribution is 8.22. The normalized spacial score (nSPS) is 16.5. The lowest BCUT2D eigenvalue weighted by atomic mass is 10.2. The summed E-state index contributed by atoms with van der Waals surface area (Å²) in [6.07, 6.45) is 11.4. The average molecular weight is 323 g/mol. The molecule has 2 aromatic heterocycles. The van der Waals surface area contributed by atoms with E-state index in [1.54, 1.807) is 36.2 Å². The van der Waals surface area contributed by atoms with Gasteiger partial charge in [-0.3, -0.25) is 4.98 Å². The molecule has 3 rings (SSSR count). The lowest BCUT2D eigenvalue weighted by Crippen LogP contribution is -1.90. The highest BCUT2D eigenvalue weighted by Gasteiger charge is 2.15. The molecule has 0 fully saturated rings. The molecule has 0 radical (unpaired) electrons. The Morgan fingerprint density at radius 2 is 2.22 bits per heavy atom. The second kappa shape index (κ2) is 7.15. The number of aromatic nitrogens is 2. The second-order valence-corrected chi connectivity index (χ2v) is 5.89. The van der Waals surface area contributed by atoms with Gasteiger partial charge in [-0.1, -0.05) is 36.6 Å². The van der Waals surface area contributed by atoms with Crippen molar-refractivity contribution in [2.24, 2.45) is 4.99 Å². The van der Waals surface area contributed by atoms with Gasteiger partial charge in [-0.05, 0) is 24.3 Å². The maximum absolute atomic E-state index is 13.0. The van der Waals surface area contributed by atoms with Crippen molar-refractivity contribution in [2.45, 2.75) is 6.42 Å². The van der Waals surface area contributed by atoms with Crippen molar-refractivity contribution in [1.82, 2.24) is 9.97 Å². The minimum absolute atomic E-state index is 0.505. The summed E-state index contributed by atoms with van der Waals surface area (Å²) in [6, 6.07) is 6.93. The van der Waals surface area contributed by atoms with Gasteiger partial charge in [0, 0.05) is 41.0 Å². The first-order valence-corrected chi connectivity index (χ1v) is 7.88. The molecule has 0 amide bonds. The van der Waals surface area contributed by atoms with E-state index in [0.717, 1.165) is 33.2 Å². The van der Waals surface area contributed by atoms with Crippen LogP contribution in [0.3, 0.4) is 0 Å². The average Bonchev–Trinajstić information content (AvgIpc) is 3.05. The summed E-state index contributed by atoms with van der Waals surface area (Å²) in [5, 5.41) is 0.973. The first-order valence-electron chi connectivity index (χ1n) is 7.07. The van der Waals surface area contributed by atoms with Gasteiger partial charge in [-0.25, -0.2) is 9.98 Å². The monoisotopic (exact) mass is 323 g/mol. The van der Waals surface area contributed by atoms with E-state index >= 15 is 0 Å². The van der Waals surface area contributed by atoms with E-state index in [1.165, 1.54) is 12.3 Å². The fourth-order valence-electron chi connectivity index (χ4n) is 2.12. The number of rotatable bonds is 4. The van der Waals surface area contributed by atoms with E-state index in [4.69, 9.17) is 0 Å². The molecule has 3 heterocycles. The van der Waals surface area contributed by atoms with Crippen molar-refractivity contribution < 1.29 is 4.39 Å². The molecular weight excluding hydrogens is 309 g/mol. The van der Waals surface area contributed by atoms with Crippen molar-refractivity contribution in [1.29, 1.82) is 0 Å². The minimum atomic E-state index is -0.505. The molecule has 0 unspecified atom stereocenters. The SMILES string of the molecule is C=C/C=C(\N=C1/CC=C(c2cccnc2)S1)c1ccc(F)nc1. The summed E-state index contributed by atoms with van der Waals surface area (Å²) in [5.41, 5.74) is 2.56. The number of pyridine rings is 2. The van der Waals surface area contributed by atoms with Gasteiger partial charge in [0.1, 0.15) is 0 Å². The molecule has 0 saturated carbocycles. The van der Waals surface area contributed by atoms with Gasteiger partial charge < -0.3 is 0 Å². The fraction of sp³-hybridized carbons (Fsp3) is 0.0556. The lowest BCUT2D eigenvalue weighted by molar-refractivity contribution is 0.583. The number of nitrogens with zero attached hydrogens (tertiary/aromatic N) is 3. The maximum Gasteiger partial charge on any atom is 0.212 e. The van der Waals surface area contributed by atoms with Crippen molar-refractivity contribution in [3.8, 4) is 0 Å². The smallest absolute Gasteiger partial charge is 0.212 e. The number of thioether (sulfide) groups is 1. The molecule has 1 aliphatic rings. The third-order valence-electron chi connectivity index (χ3n) is 3.18. The third-order valence-corrected chi connectivity index (χ3v) is 4.30. The van der Waals surface area contributed by atoms with Crippen molar-refractivity contribution >= 4 is 27.4 Å². The molecule has 114 valence electrons. The van der Waals surface area contributed by atoms with Gasteiger partial charge in [0.25, 0.3) is 0 Å². The Morgan fingerprint density at radius 1 is 1.30 bits per heavy atom. The third kappa shape index (κ3) is 3.81. The van der Waals surface area contributed by atoms with Crippen LogP contribution in [0, 0.1) is 5.95 Å². The Balaban J connectivity index is 1.82. The first kappa shape index (κ1) is 15.4. The predicted molar refractivity (Wildman–Crippen MR) is 94.2 cm³/mol. The summed E-state index contributed by atoms with van der Waals surface area (Å²) in [4.78, 5) is 13.6. The maximum atomic E-state index is 13.0. The van der Waals surface area contributed by atoms with Gasteiger partial charge >= 0.3 is 0 Å². The van der Waals surface area contributed by atoms with E-state index in [-0.39, 0.29) is 0 Å². The van der Waals surface area contributed by atoms with Gasteiger partial charge in [0.15, 0.2) is 0 Å².